The first-order valence-electron chi connectivity index (χ1n) is 4.67. The van der Waals surface area contributed by atoms with Crippen LogP contribution >= 0.6 is 0 Å². The van der Waals surface area contributed by atoms with Crippen LogP contribution in [0.25, 0.3) is 0 Å². The quantitative estimate of drug-likeness (QED) is 0.363. The standard InChI is InChI=1S/C10H12N2O5/c1-16-8-4-6(5-9(13)17-2)3-7(11)10(8)12(14)15/h3-4H,5,11H2,1-2H3. The maximum absolute atomic E-state index is 11.1. The zero-order valence-corrected chi connectivity index (χ0v) is 9.43. The van der Waals surface area contributed by atoms with Crippen molar-refractivity contribution in [3.63, 3.8) is 0 Å². The highest BCUT2D eigenvalue weighted by Gasteiger charge is 2.21. The van der Waals surface area contributed by atoms with Crippen LogP contribution in [0, 0.1) is 10.1 Å². The van der Waals surface area contributed by atoms with Gasteiger partial charge in [0.05, 0.1) is 25.6 Å². The predicted molar refractivity (Wildman–Crippen MR) is 59.8 cm³/mol. The summed E-state index contributed by atoms with van der Waals surface area (Å²) in [5.74, 6) is -0.436. The highest BCUT2D eigenvalue weighted by molar-refractivity contribution is 5.75. The Labute approximate surface area is 97.3 Å². The fraction of sp³-hybridized carbons (Fsp3) is 0.300. The number of methoxy groups -OCH3 is 2. The number of hydrogen-bond acceptors (Lipinski definition) is 6. The summed E-state index contributed by atoms with van der Waals surface area (Å²) in [5.41, 5.74) is 5.69. The topological polar surface area (TPSA) is 105 Å². The maximum Gasteiger partial charge on any atom is 0.333 e. The van der Waals surface area contributed by atoms with Gasteiger partial charge in [-0.3, -0.25) is 14.9 Å². The molecule has 0 aliphatic rings. The monoisotopic (exact) mass is 240 g/mol. The summed E-state index contributed by atoms with van der Waals surface area (Å²) in [6, 6.07) is 2.75. The Morgan fingerprint density at radius 2 is 2.12 bits per heavy atom. The van der Waals surface area contributed by atoms with Crippen LogP contribution in [0.3, 0.4) is 0 Å². The van der Waals surface area contributed by atoms with E-state index in [2.05, 4.69) is 4.74 Å². The molecule has 7 nitrogen and oxygen atoms in total. The van der Waals surface area contributed by atoms with E-state index in [-0.39, 0.29) is 23.5 Å². The van der Waals surface area contributed by atoms with E-state index >= 15 is 0 Å². The summed E-state index contributed by atoms with van der Waals surface area (Å²) in [6.07, 6.45) is -0.0188. The number of rotatable bonds is 4. The molecule has 0 spiro atoms. The number of benzene rings is 1. The molecule has 0 saturated heterocycles. The van der Waals surface area contributed by atoms with Gasteiger partial charge in [0.1, 0.15) is 5.69 Å². The van der Waals surface area contributed by atoms with E-state index in [0.29, 0.717) is 5.56 Å². The molecule has 1 aromatic carbocycles. The number of nitrogen functional groups attached to an aromatic ring is 1. The first kappa shape index (κ1) is 12.8. The Hall–Kier alpha value is -2.31. The van der Waals surface area contributed by atoms with Gasteiger partial charge in [0.15, 0.2) is 5.75 Å². The molecule has 0 bridgehead atoms. The Morgan fingerprint density at radius 1 is 1.47 bits per heavy atom. The minimum atomic E-state index is -0.629. The lowest BCUT2D eigenvalue weighted by molar-refractivity contribution is -0.384. The first-order chi connectivity index (χ1) is 7.99. The third-order valence-corrected chi connectivity index (χ3v) is 2.14. The second-order valence-corrected chi connectivity index (χ2v) is 3.25. The third kappa shape index (κ3) is 2.83. The minimum Gasteiger partial charge on any atom is -0.490 e. The molecule has 0 heterocycles. The molecule has 17 heavy (non-hydrogen) atoms. The van der Waals surface area contributed by atoms with Crippen LogP contribution in [0.1, 0.15) is 5.56 Å². The number of carbonyl (C=O) groups excluding carboxylic acids is 1. The predicted octanol–water partition coefficient (Wildman–Crippen LogP) is 0.901. The first-order valence-corrected chi connectivity index (χ1v) is 4.67. The molecule has 0 atom stereocenters. The van der Waals surface area contributed by atoms with Crippen molar-refractivity contribution in [1.82, 2.24) is 0 Å². The minimum absolute atomic E-state index is 0.0188. The van der Waals surface area contributed by atoms with Crippen molar-refractivity contribution >= 4 is 17.3 Å². The van der Waals surface area contributed by atoms with Gasteiger partial charge in [-0.2, -0.15) is 0 Å². The van der Waals surface area contributed by atoms with E-state index in [0.717, 1.165) is 0 Å². The van der Waals surface area contributed by atoms with Gasteiger partial charge in [-0.15, -0.1) is 0 Å². The van der Waals surface area contributed by atoms with Crippen molar-refractivity contribution in [1.29, 1.82) is 0 Å². The van der Waals surface area contributed by atoms with Crippen molar-refractivity contribution in [3.05, 3.63) is 27.8 Å². The molecular weight excluding hydrogens is 228 g/mol. The van der Waals surface area contributed by atoms with Crippen LogP contribution < -0.4 is 10.5 Å². The largest absolute Gasteiger partial charge is 0.490 e. The van der Waals surface area contributed by atoms with Crippen LogP contribution in [0.5, 0.6) is 5.75 Å². The molecule has 0 amide bonds. The number of hydrogen-bond donors (Lipinski definition) is 1. The average Bonchev–Trinajstić information content (AvgIpc) is 2.27. The molecule has 0 aliphatic carbocycles. The molecule has 92 valence electrons. The Bertz CT molecular complexity index is 458. The van der Waals surface area contributed by atoms with Gasteiger partial charge in [-0.05, 0) is 17.7 Å². The van der Waals surface area contributed by atoms with Gasteiger partial charge >= 0.3 is 11.7 Å². The van der Waals surface area contributed by atoms with E-state index in [1.54, 1.807) is 0 Å². The molecule has 0 radical (unpaired) electrons. The summed E-state index contributed by atoms with van der Waals surface area (Å²) < 4.78 is 9.36. The van der Waals surface area contributed by atoms with Gasteiger partial charge in [0.2, 0.25) is 0 Å². The number of ether oxygens (including phenoxy) is 2. The van der Waals surface area contributed by atoms with E-state index in [9.17, 15) is 14.9 Å². The lowest BCUT2D eigenvalue weighted by Gasteiger charge is -2.07. The van der Waals surface area contributed by atoms with Gasteiger partial charge in [0, 0.05) is 0 Å². The number of nitro benzene ring substituents is 1. The fourth-order valence-corrected chi connectivity index (χ4v) is 1.38. The van der Waals surface area contributed by atoms with E-state index in [1.807, 2.05) is 0 Å². The van der Waals surface area contributed by atoms with Crippen LogP contribution in [-0.4, -0.2) is 25.1 Å². The molecule has 0 aromatic heterocycles. The third-order valence-electron chi connectivity index (χ3n) is 2.14. The molecule has 0 unspecified atom stereocenters. The molecule has 0 saturated carbocycles. The zero-order valence-electron chi connectivity index (χ0n) is 9.43. The van der Waals surface area contributed by atoms with Crippen molar-refractivity contribution in [2.45, 2.75) is 6.42 Å². The van der Waals surface area contributed by atoms with Crippen LogP contribution in [0.2, 0.25) is 0 Å². The molecule has 7 heteroatoms. The normalized spacial score (nSPS) is 9.76. The van der Waals surface area contributed by atoms with Gasteiger partial charge in [0.25, 0.3) is 0 Å². The van der Waals surface area contributed by atoms with Crippen molar-refractivity contribution in [2.75, 3.05) is 20.0 Å². The summed E-state index contributed by atoms with van der Waals surface area (Å²) in [4.78, 5) is 21.2. The van der Waals surface area contributed by atoms with Crippen molar-refractivity contribution < 1.29 is 19.2 Å². The number of nitrogens with two attached hydrogens (primary N) is 1. The highest BCUT2D eigenvalue weighted by atomic mass is 16.6. The second-order valence-electron chi connectivity index (χ2n) is 3.25. The number of esters is 1. The SMILES string of the molecule is COC(=O)Cc1cc(N)c([N+](=O)[O-])c(OC)c1. The zero-order chi connectivity index (χ0) is 13.0. The Morgan fingerprint density at radius 3 is 2.59 bits per heavy atom. The van der Waals surface area contributed by atoms with Crippen LogP contribution in [-0.2, 0) is 16.0 Å². The molecule has 1 rings (SSSR count). The van der Waals surface area contributed by atoms with Gasteiger partial charge in [-0.25, -0.2) is 0 Å². The summed E-state index contributed by atoms with van der Waals surface area (Å²) in [7, 11) is 2.55. The van der Waals surface area contributed by atoms with E-state index in [4.69, 9.17) is 10.5 Å². The fourth-order valence-electron chi connectivity index (χ4n) is 1.38. The van der Waals surface area contributed by atoms with Crippen LogP contribution in [0.4, 0.5) is 11.4 Å². The Balaban J connectivity index is 3.17. The second kappa shape index (κ2) is 5.15. The van der Waals surface area contributed by atoms with E-state index in [1.165, 1.54) is 26.4 Å². The summed E-state index contributed by atoms with van der Waals surface area (Å²) >= 11 is 0. The average molecular weight is 240 g/mol. The summed E-state index contributed by atoms with van der Waals surface area (Å²) in [6.45, 7) is 0. The van der Waals surface area contributed by atoms with Crippen LogP contribution in [0.15, 0.2) is 12.1 Å². The number of carbonyl (C=O) groups is 1. The maximum atomic E-state index is 11.1. The number of anilines is 1. The van der Waals surface area contributed by atoms with Gasteiger partial charge in [-0.1, -0.05) is 0 Å². The van der Waals surface area contributed by atoms with E-state index < -0.39 is 10.9 Å². The highest BCUT2D eigenvalue weighted by Crippen LogP contribution is 2.34. The molecule has 0 aliphatic heterocycles. The molecule has 0 fully saturated rings. The number of nitro groups is 1. The van der Waals surface area contributed by atoms with Crippen molar-refractivity contribution in [3.8, 4) is 5.75 Å². The summed E-state index contributed by atoms with van der Waals surface area (Å²) in [5, 5.41) is 10.7. The lowest BCUT2D eigenvalue weighted by atomic mass is 10.1. The lowest BCUT2D eigenvalue weighted by Crippen LogP contribution is -2.06. The smallest absolute Gasteiger partial charge is 0.333 e. The Kier molecular flexibility index (Phi) is 3.86. The molecular formula is C10H12N2O5. The van der Waals surface area contributed by atoms with Gasteiger partial charge < -0.3 is 15.2 Å². The van der Waals surface area contributed by atoms with Crippen molar-refractivity contribution in [2.24, 2.45) is 0 Å². The number of nitrogens with zero attached hydrogens (tertiary/aromatic N) is 1. The molecule has 1 aromatic rings. The molecule has 2 N–H and O–H groups in total.